The lowest BCUT2D eigenvalue weighted by atomic mass is 10.2. The van der Waals surface area contributed by atoms with Gasteiger partial charge in [-0.3, -0.25) is 4.90 Å². The SMILES string of the molecule is CC(C)(C)OC(=O)N1C[C@H]1[C@H](CO[Si](C)(C)C(C)(C)C)OC(=O)c1ccccc1. The Kier molecular flexibility index (Phi) is 6.85. The average molecular weight is 422 g/mol. The lowest BCUT2D eigenvalue weighted by Crippen LogP contribution is -2.44. The standard InChI is InChI=1S/C22H35NO5Si/c1-21(2,3)28-20(25)23-14-17(23)18(15-26-29(7,8)22(4,5)6)27-19(24)16-12-10-9-11-13-16/h9-13,17-18H,14-15H2,1-8H3/t17-,18-,23?/m0/s1. The van der Waals surface area contributed by atoms with Crippen LogP contribution in [0.1, 0.15) is 51.9 Å². The Morgan fingerprint density at radius 1 is 1.10 bits per heavy atom. The van der Waals surface area contributed by atoms with Gasteiger partial charge in [-0.05, 0) is 51.0 Å². The molecule has 2 atom stereocenters. The van der Waals surface area contributed by atoms with Crippen LogP contribution in [0, 0.1) is 0 Å². The fourth-order valence-electron chi connectivity index (χ4n) is 2.51. The van der Waals surface area contributed by atoms with Crippen LogP contribution in [-0.4, -0.2) is 56.2 Å². The molecular formula is C22H35NO5Si. The maximum Gasteiger partial charge on any atom is 0.410 e. The van der Waals surface area contributed by atoms with Crippen molar-refractivity contribution in [3.8, 4) is 0 Å². The summed E-state index contributed by atoms with van der Waals surface area (Å²) >= 11 is 0. The minimum atomic E-state index is -2.03. The van der Waals surface area contributed by atoms with Gasteiger partial charge in [-0.25, -0.2) is 9.59 Å². The van der Waals surface area contributed by atoms with Gasteiger partial charge in [-0.15, -0.1) is 0 Å². The van der Waals surface area contributed by atoms with Gasteiger partial charge < -0.3 is 13.9 Å². The molecule has 0 aliphatic carbocycles. The molecule has 162 valence electrons. The number of nitrogens with zero attached hydrogens (tertiary/aromatic N) is 1. The van der Waals surface area contributed by atoms with Crippen molar-refractivity contribution in [1.82, 2.24) is 4.90 Å². The normalized spacial score (nSPS) is 18.2. The van der Waals surface area contributed by atoms with Gasteiger partial charge in [-0.2, -0.15) is 0 Å². The highest BCUT2D eigenvalue weighted by Gasteiger charge is 2.49. The van der Waals surface area contributed by atoms with E-state index in [-0.39, 0.29) is 17.7 Å². The Hall–Kier alpha value is -1.86. The molecule has 0 radical (unpaired) electrons. The second kappa shape index (κ2) is 8.48. The van der Waals surface area contributed by atoms with E-state index in [1.807, 2.05) is 26.8 Å². The van der Waals surface area contributed by atoms with E-state index in [0.717, 1.165) is 0 Å². The van der Waals surface area contributed by atoms with Gasteiger partial charge in [0, 0.05) is 6.54 Å². The van der Waals surface area contributed by atoms with E-state index in [1.165, 1.54) is 0 Å². The second-order valence-electron chi connectivity index (χ2n) is 10.1. The lowest BCUT2D eigenvalue weighted by Gasteiger charge is -2.37. The van der Waals surface area contributed by atoms with E-state index < -0.39 is 32.1 Å². The van der Waals surface area contributed by atoms with Gasteiger partial charge in [0.2, 0.25) is 0 Å². The molecule has 7 heteroatoms. The number of rotatable bonds is 6. The Morgan fingerprint density at radius 2 is 1.69 bits per heavy atom. The number of hydrogen-bond donors (Lipinski definition) is 0. The highest BCUT2D eigenvalue weighted by atomic mass is 28.4. The van der Waals surface area contributed by atoms with Gasteiger partial charge in [0.15, 0.2) is 8.32 Å². The smallest absolute Gasteiger partial charge is 0.410 e. The third kappa shape index (κ3) is 6.57. The molecule has 0 bridgehead atoms. The Morgan fingerprint density at radius 3 is 2.21 bits per heavy atom. The van der Waals surface area contributed by atoms with Crippen LogP contribution in [0.4, 0.5) is 4.79 Å². The Balaban J connectivity index is 2.10. The van der Waals surface area contributed by atoms with Crippen LogP contribution in [0.15, 0.2) is 30.3 Å². The van der Waals surface area contributed by atoms with E-state index in [9.17, 15) is 9.59 Å². The zero-order valence-electron chi connectivity index (χ0n) is 18.9. The summed E-state index contributed by atoms with van der Waals surface area (Å²) in [6.45, 7) is 17.0. The molecule has 0 N–H and O–H groups in total. The van der Waals surface area contributed by atoms with Crippen molar-refractivity contribution in [1.29, 1.82) is 0 Å². The van der Waals surface area contributed by atoms with Crippen LogP contribution in [0.5, 0.6) is 0 Å². The fraction of sp³-hybridized carbons (Fsp3) is 0.636. The summed E-state index contributed by atoms with van der Waals surface area (Å²) in [5.41, 5.74) is -0.0905. The van der Waals surface area contributed by atoms with E-state index in [2.05, 4.69) is 33.9 Å². The van der Waals surface area contributed by atoms with Gasteiger partial charge in [0.1, 0.15) is 11.7 Å². The van der Waals surface area contributed by atoms with Crippen LogP contribution >= 0.6 is 0 Å². The maximum atomic E-state index is 12.6. The minimum Gasteiger partial charge on any atom is -0.454 e. The molecule has 1 aliphatic rings. The lowest BCUT2D eigenvalue weighted by molar-refractivity contribution is 0.00662. The van der Waals surface area contributed by atoms with Crippen molar-refractivity contribution in [2.45, 2.75) is 77.4 Å². The molecule has 0 saturated carbocycles. The highest BCUT2D eigenvalue weighted by Crippen LogP contribution is 2.37. The molecule has 0 aromatic heterocycles. The van der Waals surface area contributed by atoms with Crippen molar-refractivity contribution >= 4 is 20.4 Å². The third-order valence-electron chi connectivity index (χ3n) is 5.39. The van der Waals surface area contributed by atoms with E-state index in [0.29, 0.717) is 12.1 Å². The van der Waals surface area contributed by atoms with Crippen LogP contribution in [0.3, 0.4) is 0 Å². The third-order valence-corrected chi connectivity index (χ3v) is 9.89. The van der Waals surface area contributed by atoms with Crippen LogP contribution in [0.25, 0.3) is 0 Å². The summed E-state index contributed by atoms with van der Waals surface area (Å²) in [6.07, 6.45) is -0.931. The first kappa shape index (κ1) is 23.4. The molecule has 1 fully saturated rings. The maximum absolute atomic E-state index is 12.6. The molecule has 1 amide bonds. The quantitative estimate of drug-likeness (QED) is 0.373. The molecule has 1 saturated heterocycles. The first-order valence-corrected chi connectivity index (χ1v) is 13.0. The van der Waals surface area contributed by atoms with Gasteiger partial charge >= 0.3 is 12.1 Å². The molecule has 0 unspecified atom stereocenters. The molecule has 2 rings (SSSR count). The molecule has 6 nitrogen and oxygen atoms in total. The summed E-state index contributed by atoms with van der Waals surface area (Å²) in [5, 5.41) is 0.0371. The van der Waals surface area contributed by atoms with E-state index >= 15 is 0 Å². The number of amides is 1. The number of ether oxygens (including phenoxy) is 2. The largest absolute Gasteiger partial charge is 0.454 e. The molecule has 1 aromatic rings. The first-order valence-electron chi connectivity index (χ1n) is 10.1. The van der Waals surface area contributed by atoms with Gasteiger partial charge in [-0.1, -0.05) is 39.0 Å². The van der Waals surface area contributed by atoms with Gasteiger partial charge in [0.25, 0.3) is 0 Å². The first-order chi connectivity index (χ1) is 13.2. The number of hydrogen-bond acceptors (Lipinski definition) is 5. The zero-order valence-corrected chi connectivity index (χ0v) is 19.9. The number of benzene rings is 1. The summed E-state index contributed by atoms with van der Waals surface area (Å²) < 4.78 is 17.5. The predicted molar refractivity (Wildman–Crippen MR) is 116 cm³/mol. The summed E-state index contributed by atoms with van der Waals surface area (Å²) in [5.74, 6) is -0.412. The van der Waals surface area contributed by atoms with E-state index in [4.69, 9.17) is 13.9 Å². The summed E-state index contributed by atoms with van der Waals surface area (Å²) in [7, 11) is -2.03. The molecule has 1 heterocycles. The monoisotopic (exact) mass is 421 g/mol. The van der Waals surface area contributed by atoms with E-state index in [1.54, 1.807) is 29.2 Å². The van der Waals surface area contributed by atoms with Crippen LogP contribution < -0.4 is 0 Å². The Bertz CT molecular complexity index is 721. The summed E-state index contributed by atoms with van der Waals surface area (Å²) in [4.78, 5) is 26.6. The van der Waals surface area contributed by atoms with Crippen LogP contribution in [0.2, 0.25) is 18.1 Å². The minimum absolute atomic E-state index is 0.0371. The zero-order chi connectivity index (χ0) is 22.0. The predicted octanol–water partition coefficient (Wildman–Crippen LogP) is 4.85. The topological polar surface area (TPSA) is 64.8 Å². The average Bonchev–Trinajstić information content (AvgIpc) is 3.37. The second-order valence-corrected chi connectivity index (χ2v) is 14.9. The molecule has 29 heavy (non-hydrogen) atoms. The van der Waals surface area contributed by atoms with Crippen molar-refractivity contribution in [3.63, 3.8) is 0 Å². The van der Waals surface area contributed by atoms with Crippen molar-refractivity contribution in [2.75, 3.05) is 13.2 Å². The van der Waals surface area contributed by atoms with Crippen LogP contribution in [-0.2, 0) is 13.9 Å². The highest BCUT2D eigenvalue weighted by molar-refractivity contribution is 6.74. The van der Waals surface area contributed by atoms with Crippen molar-refractivity contribution < 1.29 is 23.5 Å². The molecular weight excluding hydrogens is 386 g/mol. The fourth-order valence-corrected chi connectivity index (χ4v) is 3.53. The summed E-state index contributed by atoms with van der Waals surface area (Å²) in [6, 6.07) is 8.63. The molecule has 0 spiro atoms. The van der Waals surface area contributed by atoms with Crippen molar-refractivity contribution in [3.05, 3.63) is 35.9 Å². The number of carbonyl (C=O) groups is 2. The number of esters is 1. The number of carbonyl (C=O) groups excluding carboxylic acids is 2. The molecule has 1 aromatic carbocycles. The molecule has 1 aliphatic heterocycles. The van der Waals surface area contributed by atoms with Crippen molar-refractivity contribution in [2.24, 2.45) is 0 Å². The Labute approximate surface area is 175 Å². The van der Waals surface area contributed by atoms with Gasteiger partial charge in [0.05, 0.1) is 18.2 Å².